The van der Waals surface area contributed by atoms with Crippen LogP contribution in [0.5, 0.6) is 5.75 Å². The maximum Gasteiger partial charge on any atom is 0.228 e. The van der Waals surface area contributed by atoms with Crippen LogP contribution in [-0.4, -0.2) is 19.6 Å². The van der Waals surface area contributed by atoms with Crippen LogP contribution in [0.1, 0.15) is 16.7 Å². The molecule has 3 rings (SSSR count). The van der Waals surface area contributed by atoms with Crippen LogP contribution >= 0.6 is 0 Å². The zero-order valence-electron chi connectivity index (χ0n) is 13.0. The topological polar surface area (TPSA) is 50.4 Å². The first-order chi connectivity index (χ1) is 11.2. The monoisotopic (exact) mass is 314 g/mol. The predicted octanol–water partition coefficient (Wildman–Crippen LogP) is 2.66. The number of ether oxygens (including phenoxy) is 1. The van der Waals surface area contributed by atoms with Crippen molar-refractivity contribution in [1.29, 1.82) is 0 Å². The molecule has 4 nitrogen and oxygen atoms in total. The van der Waals surface area contributed by atoms with Crippen LogP contribution in [-0.2, 0) is 24.2 Å². The molecule has 0 saturated carbocycles. The molecule has 2 aromatic carbocycles. The largest absolute Gasteiger partial charge is 0.497 e. The van der Waals surface area contributed by atoms with Crippen molar-refractivity contribution in [2.24, 2.45) is 0 Å². The molecule has 120 valence electrons. The summed E-state index contributed by atoms with van der Waals surface area (Å²) >= 11 is 0. The smallest absolute Gasteiger partial charge is 0.228 e. The van der Waals surface area contributed by atoms with Gasteiger partial charge in [-0.1, -0.05) is 18.2 Å². The minimum Gasteiger partial charge on any atom is -0.497 e. The number of amides is 1. The van der Waals surface area contributed by atoms with E-state index in [4.69, 9.17) is 4.74 Å². The fourth-order valence-corrected chi connectivity index (χ4v) is 2.79. The Morgan fingerprint density at radius 3 is 3.04 bits per heavy atom. The quantitative estimate of drug-likeness (QED) is 0.912. The Bertz CT molecular complexity index is 731. The van der Waals surface area contributed by atoms with Gasteiger partial charge >= 0.3 is 0 Å². The van der Waals surface area contributed by atoms with E-state index < -0.39 is 0 Å². The lowest BCUT2D eigenvalue weighted by atomic mass is 9.99. The maximum absolute atomic E-state index is 14.5. The first kappa shape index (κ1) is 15.5. The number of benzene rings is 2. The molecule has 0 atom stereocenters. The Labute approximate surface area is 134 Å². The van der Waals surface area contributed by atoms with Crippen molar-refractivity contribution in [3.05, 3.63) is 58.9 Å². The molecule has 1 aliphatic rings. The molecule has 5 heteroatoms. The molecule has 2 aromatic rings. The summed E-state index contributed by atoms with van der Waals surface area (Å²) in [6, 6.07) is 10.8. The van der Waals surface area contributed by atoms with Crippen LogP contribution in [0.3, 0.4) is 0 Å². The van der Waals surface area contributed by atoms with Gasteiger partial charge in [0.25, 0.3) is 0 Å². The molecule has 1 amide bonds. The van der Waals surface area contributed by atoms with E-state index in [1.54, 1.807) is 19.2 Å². The van der Waals surface area contributed by atoms with Crippen molar-refractivity contribution in [3.8, 4) is 5.75 Å². The predicted molar refractivity (Wildman–Crippen MR) is 87.1 cm³/mol. The Morgan fingerprint density at radius 1 is 1.35 bits per heavy atom. The van der Waals surface area contributed by atoms with Crippen LogP contribution < -0.4 is 15.4 Å². The van der Waals surface area contributed by atoms with Crippen molar-refractivity contribution in [3.63, 3.8) is 0 Å². The molecule has 1 heterocycles. The highest BCUT2D eigenvalue weighted by molar-refractivity contribution is 5.92. The highest BCUT2D eigenvalue weighted by atomic mass is 19.1. The molecule has 1 aliphatic heterocycles. The molecule has 0 unspecified atom stereocenters. The number of hydrogen-bond acceptors (Lipinski definition) is 3. The molecule has 2 N–H and O–H groups in total. The van der Waals surface area contributed by atoms with E-state index in [1.807, 2.05) is 24.3 Å². The minimum atomic E-state index is -0.317. The van der Waals surface area contributed by atoms with Crippen LogP contribution in [0.15, 0.2) is 36.4 Å². The van der Waals surface area contributed by atoms with Crippen molar-refractivity contribution >= 4 is 11.6 Å². The summed E-state index contributed by atoms with van der Waals surface area (Å²) in [5.41, 5.74) is 2.73. The van der Waals surface area contributed by atoms with Crippen molar-refractivity contribution in [1.82, 2.24) is 5.32 Å². The summed E-state index contributed by atoms with van der Waals surface area (Å²) in [4.78, 5) is 12.2. The molecular weight excluding hydrogens is 295 g/mol. The third-order valence-electron chi connectivity index (χ3n) is 3.98. The Balaban J connectivity index is 1.72. The van der Waals surface area contributed by atoms with E-state index in [9.17, 15) is 9.18 Å². The highest BCUT2D eigenvalue weighted by Crippen LogP contribution is 2.24. The normalized spacial score (nSPS) is 13.3. The zero-order valence-corrected chi connectivity index (χ0v) is 13.0. The molecule has 0 aromatic heterocycles. The van der Waals surface area contributed by atoms with Crippen molar-refractivity contribution < 1.29 is 13.9 Å². The first-order valence-electron chi connectivity index (χ1n) is 7.61. The molecule has 0 saturated heterocycles. The molecular formula is C18H19FN2O2. The Morgan fingerprint density at radius 2 is 2.22 bits per heavy atom. The number of fused-ring (bicyclic) bond motifs is 1. The Kier molecular flexibility index (Phi) is 4.57. The molecule has 0 spiro atoms. The number of nitrogens with one attached hydrogen (secondary N) is 2. The fourth-order valence-electron chi connectivity index (χ4n) is 2.79. The van der Waals surface area contributed by atoms with Crippen molar-refractivity contribution in [2.75, 3.05) is 19.0 Å². The van der Waals surface area contributed by atoms with Crippen LogP contribution in [0, 0.1) is 5.82 Å². The summed E-state index contributed by atoms with van der Waals surface area (Å²) in [6.45, 7) is 1.43. The second-order valence-electron chi connectivity index (χ2n) is 5.57. The highest BCUT2D eigenvalue weighted by Gasteiger charge is 2.17. The average Bonchev–Trinajstić information content (AvgIpc) is 2.58. The van der Waals surface area contributed by atoms with Gasteiger partial charge in [0.15, 0.2) is 0 Å². The molecule has 0 aliphatic carbocycles. The van der Waals surface area contributed by atoms with Gasteiger partial charge in [0.2, 0.25) is 5.91 Å². The summed E-state index contributed by atoms with van der Waals surface area (Å²) in [6.07, 6.45) is 0.816. The van der Waals surface area contributed by atoms with Gasteiger partial charge in [0.1, 0.15) is 11.6 Å². The SMILES string of the molecule is COc1cccc(CC(=O)Nc2ccc3c(c2F)CCNC3)c1. The number of halogens is 1. The van der Waals surface area contributed by atoms with Gasteiger partial charge in [-0.3, -0.25) is 4.79 Å². The van der Waals surface area contributed by atoms with Gasteiger partial charge in [-0.05, 0) is 47.9 Å². The third kappa shape index (κ3) is 3.51. The van der Waals surface area contributed by atoms with Crippen LogP contribution in [0.25, 0.3) is 0 Å². The van der Waals surface area contributed by atoms with Crippen molar-refractivity contribution in [2.45, 2.75) is 19.4 Å². The van der Waals surface area contributed by atoms with Gasteiger partial charge < -0.3 is 15.4 Å². The summed E-state index contributed by atoms with van der Waals surface area (Å²) in [5, 5.41) is 5.88. The second-order valence-corrected chi connectivity index (χ2v) is 5.57. The molecule has 23 heavy (non-hydrogen) atoms. The maximum atomic E-state index is 14.5. The summed E-state index contributed by atoms with van der Waals surface area (Å²) < 4.78 is 19.6. The van der Waals surface area contributed by atoms with Gasteiger partial charge in [0.05, 0.1) is 19.2 Å². The third-order valence-corrected chi connectivity index (χ3v) is 3.98. The van der Waals surface area contributed by atoms with Crippen LogP contribution in [0.4, 0.5) is 10.1 Å². The second kappa shape index (κ2) is 6.79. The van der Waals surface area contributed by atoms with E-state index in [1.165, 1.54) is 0 Å². The number of methoxy groups -OCH3 is 1. The summed E-state index contributed by atoms with van der Waals surface area (Å²) in [5.74, 6) is 0.136. The van der Waals surface area contributed by atoms with E-state index in [2.05, 4.69) is 10.6 Å². The fraction of sp³-hybridized carbons (Fsp3) is 0.278. The summed E-state index contributed by atoms with van der Waals surface area (Å²) in [7, 11) is 1.58. The molecule has 0 fully saturated rings. The van der Waals surface area contributed by atoms with Gasteiger partial charge in [0, 0.05) is 6.54 Å². The number of carbonyl (C=O) groups excluding carboxylic acids is 1. The van der Waals surface area contributed by atoms with E-state index in [-0.39, 0.29) is 23.8 Å². The lowest BCUT2D eigenvalue weighted by Gasteiger charge is -2.19. The molecule has 0 radical (unpaired) electrons. The van der Waals surface area contributed by atoms with Gasteiger partial charge in [-0.15, -0.1) is 0 Å². The number of carbonyl (C=O) groups is 1. The van der Waals surface area contributed by atoms with E-state index in [0.29, 0.717) is 24.3 Å². The van der Waals surface area contributed by atoms with Gasteiger partial charge in [-0.25, -0.2) is 4.39 Å². The number of anilines is 1. The first-order valence-corrected chi connectivity index (χ1v) is 7.61. The van der Waals surface area contributed by atoms with Gasteiger partial charge in [-0.2, -0.15) is 0 Å². The van der Waals surface area contributed by atoms with Crippen LogP contribution in [0.2, 0.25) is 0 Å². The minimum absolute atomic E-state index is 0.176. The number of hydrogen-bond donors (Lipinski definition) is 2. The van der Waals surface area contributed by atoms with E-state index >= 15 is 0 Å². The average molecular weight is 314 g/mol. The number of rotatable bonds is 4. The zero-order chi connectivity index (χ0) is 16.2. The Hall–Kier alpha value is -2.40. The lowest BCUT2D eigenvalue weighted by Crippen LogP contribution is -2.25. The molecule has 0 bridgehead atoms. The standard InChI is InChI=1S/C18H19FN2O2/c1-23-14-4-2-3-12(9-14)10-17(22)21-16-6-5-13-11-20-8-7-15(13)18(16)19/h2-6,9,20H,7-8,10-11H2,1H3,(H,21,22). The lowest BCUT2D eigenvalue weighted by molar-refractivity contribution is -0.115. The van der Waals surface area contributed by atoms with E-state index in [0.717, 1.165) is 17.7 Å².